The smallest absolute Gasteiger partial charge is 0.325 e. The molecule has 2 fully saturated rings. The van der Waals surface area contributed by atoms with Crippen molar-refractivity contribution in [1.82, 2.24) is 14.5 Å². The Kier molecular flexibility index (Phi) is 6.07. The molecular formula is C24H26N4O6S. The van der Waals surface area contributed by atoms with Crippen LogP contribution in [-0.4, -0.2) is 68.3 Å². The lowest BCUT2D eigenvalue weighted by molar-refractivity contribution is -0.134. The summed E-state index contributed by atoms with van der Waals surface area (Å²) >= 11 is 0. The summed E-state index contributed by atoms with van der Waals surface area (Å²) in [6.07, 6.45) is 2.03. The number of imide groups is 1. The Morgan fingerprint density at radius 3 is 2.66 bits per heavy atom. The number of nitrogens with zero attached hydrogens (tertiary/aromatic N) is 2. The predicted octanol–water partition coefficient (Wildman–Crippen LogP) is 1.43. The number of urea groups is 1. The molecule has 1 atom stereocenters. The standard InChI is InChI=1S/C24H26N4O6S/c29-21(25-18-7-3-8-19(15-18)35(32,33)27-11-13-34-14-12-27)16-28-22(30)24(26-23(28)31)10-4-6-17-5-1-2-9-20(17)24/h1-3,5,7-9,15H,4,6,10-14,16H2,(H,25,29)(H,26,31)/t24-/m0/s1. The topological polar surface area (TPSA) is 125 Å². The van der Waals surface area contributed by atoms with Crippen molar-refractivity contribution in [3.63, 3.8) is 0 Å². The Morgan fingerprint density at radius 2 is 1.86 bits per heavy atom. The van der Waals surface area contributed by atoms with Gasteiger partial charge in [0.1, 0.15) is 12.1 Å². The molecule has 3 aliphatic rings. The second-order valence-corrected chi connectivity index (χ2v) is 10.8. The van der Waals surface area contributed by atoms with Gasteiger partial charge in [-0.3, -0.25) is 14.5 Å². The molecule has 2 heterocycles. The summed E-state index contributed by atoms with van der Waals surface area (Å²) in [5.74, 6) is -1.05. The van der Waals surface area contributed by atoms with Crippen LogP contribution in [0.2, 0.25) is 0 Å². The minimum absolute atomic E-state index is 0.0463. The summed E-state index contributed by atoms with van der Waals surface area (Å²) in [5, 5.41) is 5.44. The molecule has 0 radical (unpaired) electrons. The van der Waals surface area contributed by atoms with Crippen LogP contribution in [0.1, 0.15) is 24.0 Å². The lowest BCUT2D eigenvalue weighted by atomic mass is 9.76. The number of aryl methyl sites for hydroxylation is 1. The van der Waals surface area contributed by atoms with Gasteiger partial charge in [0.2, 0.25) is 15.9 Å². The van der Waals surface area contributed by atoms with Gasteiger partial charge in [0.05, 0.1) is 18.1 Å². The zero-order valence-electron chi connectivity index (χ0n) is 19.0. The maximum absolute atomic E-state index is 13.4. The van der Waals surface area contributed by atoms with Crippen LogP contribution < -0.4 is 10.6 Å². The van der Waals surface area contributed by atoms with Crippen molar-refractivity contribution in [2.45, 2.75) is 29.7 Å². The van der Waals surface area contributed by atoms with Gasteiger partial charge in [-0.1, -0.05) is 30.3 Å². The number of carbonyl (C=O) groups is 3. The van der Waals surface area contributed by atoms with E-state index in [1.807, 2.05) is 24.3 Å². The fraction of sp³-hybridized carbons (Fsp3) is 0.375. The number of hydrogen-bond donors (Lipinski definition) is 2. The molecule has 4 amide bonds. The van der Waals surface area contributed by atoms with Crippen LogP contribution >= 0.6 is 0 Å². The summed E-state index contributed by atoms with van der Waals surface area (Å²) in [4.78, 5) is 39.9. The molecule has 35 heavy (non-hydrogen) atoms. The predicted molar refractivity (Wildman–Crippen MR) is 126 cm³/mol. The molecular weight excluding hydrogens is 472 g/mol. The highest BCUT2D eigenvalue weighted by Crippen LogP contribution is 2.39. The van der Waals surface area contributed by atoms with E-state index in [9.17, 15) is 22.8 Å². The Hall–Kier alpha value is -3.28. The van der Waals surface area contributed by atoms with Crippen LogP contribution in [0.5, 0.6) is 0 Å². The zero-order chi connectivity index (χ0) is 24.6. The molecule has 2 aromatic rings. The molecule has 1 aliphatic carbocycles. The van der Waals surface area contributed by atoms with Crippen molar-refractivity contribution < 1.29 is 27.5 Å². The molecule has 10 nitrogen and oxygen atoms in total. The first-order valence-corrected chi connectivity index (χ1v) is 13.0. The molecule has 1 spiro atoms. The Balaban J connectivity index is 1.30. The van der Waals surface area contributed by atoms with E-state index < -0.39 is 40.0 Å². The lowest BCUT2D eigenvalue weighted by Gasteiger charge is -2.33. The third-order valence-electron chi connectivity index (χ3n) is 6.68. The molecule has 2 aliphatic heterocycles. The Morgan fingerprint density at radius 1 is 1.09 bits per heavy atom. The van der Waals surface area contributed by atoms with Gasteiger partial charge in [-0.05, 0) is 48.6 Å². The molecule has 2 aromatic carbocycles. The van der Waals surface area contributed by atoms with E-state index in [-0.39, 0.29) is 23.7 Å². The first-order chi connectivity index (χ1) is 16.8. The van der Waals surface area contributed by atoms with Crippen LogP contribution in [0.4, 0.5) is 10.5 Å². The zero-order valence-corrected chi connectivity index (χ0v) is 19.8. The minimum Gasteiger partial charge on any atom is -0.379 e. The number of ether oxygens (including phenoxy) is 1. The first kappa shape index (κ1) is 23.5. The van der Waals surface area contributed by atoms with Gasteiger partial charge in [0.25, 0.3) is 5.91 Å². The number of nitrogens with one attached hydrogen (secondary N) is 2. The van der Waals surface area contributed by atoms with E-state index >= 15 is 0 Å². The highest BCUT2D eigenvalue weighted by Gasteiger charge is 2.54. The molecule has 0 bridgehead atoms. The summed E-state index contributed by atoms with van der Waals surface area (Å²) < 4.78 is 32.4. The maximum atomic E-state index is 13.4. The number of carbonyl (C=O) groups excluding carboxylic acids is 3. The number of sulfonamides is 1. The van der Waals surface area contributed by atoms with E-state index in [1.165, 1.54) is 22.5 Å². The van der Waals surface area contributed by atoms with Crippen LogP contribution in [0.15, 0.2) is 53.4 Å². The van der Waals surface area contributed by atoms with Crippen molar-refractivity contribution >= 4 is 33.6 Å². The molecule has 2 N–H and O–H groups in total. The van der Waals surface area contributed by atoms with E-state index in [0.29, 0.717) is 19.6 Å². The van der Waals surface area contributed by atoms with E-state index in [1.54, 1.807) is 6.07 Å². The van der Waals surface area contributed by atoms with Gasteiger partial charge in [-0.15, -0.1) is 0 Å². The number of anilines is 1. The molecule has 11 heteroatoms. The fourth-order valence-corrected chi connectivity index (χ4v) is 6.42. The van der Waals surface area contributed by atoms with Crippen LogP contribution in [0.3, 0.4) is 0 Å². The lowest BCUT2D eigenvalue weighted by Crippen LogP contribution is -2.47. The SMILES string of the molecule is O=C(CN1C(=O)N[C@]2(CCCc3ccccc32)C1=O)Nc1cccc(S(=O)(=O)N2CCOCC2)c1. The molecule has 0 unspecified atom stereocenters. The van der Waals surface area contributed by atoms with Crippen LogP contribution in [0.25, 0.3) is 0 Å². The van der Waals surface area contributed by atoms with Crippen molar-refractivity contribution in [2.75, 3.05) is 38.2 Å². The van der Waals surface area contributed by atoms with E-state index in [4.69, 9.17) is 4.74 Å². The summed E-state index contributed by atoms with van der Waals surface area (Å²) in [7, 11) is -3.73. The maximum Gasteiger partial charge on any atom is 0.325 e. The number of morpholine rings is 1. The fourth-order valence-electron chi connectivity index (χ4n) is 4.97. The second kappa shape index (κ2) is 9.06. The number of rotatable bonds is 5. The average Bonchev–Trinajstić information content (AvgIpc) is 3.09. The summed E-state index contributed by atoms with van der Waals surface area (Å²) in [6, 6.07) is 12.8. The monoisotopic (exact) mass is 498 g/mol. The quantitative estimate of drug-likeness (QED) is 0.601. The van der Waals surface area contributed by atoms with Crippen LogP contribution in [-0.2, 0) is 36.3 Å². The third-order valence-corrected chi connectivity index (χ3v) is 8.57. The normalized spacial score (nSPS) is 22.7. The molecule has 5 rings (SSSR count). The number of fused-ring (bicyclic) bond motifs is 2. The molecule has 184 valence electrons. The van der Waals surface area contributed by atoms with Gasteiger partial charge < -0.3 is 15.4 Å². The molecule has 0 aromatic heterocycles. The van der Waals surface area contributed by atoms with E-state index in [2.05, 4.69) is 10.6 Å². The van der Waals surface area contributed by atoms with Gasteiger partial charge in [-0.25, -0.2) is 13.2 Å². The van der Waals surface area contributed by atoms with Crippen molar-refractivity contribution in [2.24, 2.45) is 0 Å². The first-order valence-electron chi connectivity index (χ1n) is 11.5. The summed E-state index contributed by atoms with van der Waals surface area (Å²) in [5.41, 5.74) is 0.887. The minimum atomic E-state index is -3.73. The van der Waals surface area contributed by atoms with Gasteiger partial charge in [0.15, 0.2) is 0 Å². The highest BCUT2D eigenvalue weighted by molar-refractivity contribution is 7.89. The Bertz CT molecular complexity index is 1290. The number of amides is 4. The van der Waals surface area contributed by atoms with Crippen LogP contribution in [0, 0.1) is 0 Å². The highest BCUT2D eigenvalue weighted by atomic mass is 32.2. The second-order valence-electron chi connectivity index (χ2n) is 8.83. The summed E-state index contributed by atoms with van der Waals surface area (Å²) in [6.45, 7) is 0.697. The van der Waals surface area contributed by atoms with E-state index in [0.717, 1.165) is 28.9 Å². The Labute approximate surface area is 203 Å². The number of benzene rings is 2. The van der Waals surface area contributed by atoms with Gasteiger partial charge in [0, 0.05) is 18.8 Å². The number of hydrogen-bond acceptors (Lipinski definition) is 6. The van der Waals surface area contributed by atoms with Gasteiger partial charge in [-0.2, -0.15) is 4.31 Å². The van der Waals surface area contributed by atoms with Crippen molar-refractivity contribution in [1.29, 1.82) is 0 Å². The average molecular weight is 499 g/mol. The van der Waals surface area contributed by atoms with Crippen molar-refractivity contribution in [3.05, 3.63) is 59.7 Å². The molecule has 0 saturated carbocycles. The largest absolute Gasteiger partial charge is 0.379 e. The van der Waals surface area contributed by atoms with Crippen molar-refractivity contribution in [3.8, 4) is 0 Å². The molecule has 2 saturated heterocycles. The van der Waals surface area contributed by atoms with Gasteiger partial charge >= 0.3 is 6.03 Å². The third kappa shape index (κ3) is 4.19.